The van der Waals surface area contributed by atoms with Crippen LogP contribution in [0.5, 0.6) is 0 Å². The van der Waals surface area contributed by atoms with Crippen LogP contribution in [0.2, 0.25) is 20.4 Å². The van der Waals surface area contributed by atoms with Gasteiger partial charge in [-0.25, -0.2) is 9.97 Å². The monoisotopic (exact) mass is 478 g/mol. The molecule has 24 heavy (non-hydrogen) atoms. The zero-order valence-corrected chi connectivity index (χ0v) is 16.3. The number of alkyl halides is 6. The van der Waals surface area contributed by atoms with Crippen molar-refractivity contribution in [2.24, 2.45) is 0 Å². The van der Waals surface area contributed by atoms with Crippen molar-refractivity contribution in [1.82, 2.24) is 9.97 Å². The van der Waals surface area contributed by atoms with E-state index in [1.807, 2.05) is 0 Å². The molecule has 0 saturated heterocycles. The van der Waals surface area contributed by atoms with Crippen LogP contribution < -0.4 is 0 Å². The first-order valence-electron chi connectivity index (χ1n) is 5.59. The number of halogens is 10. The SMILES string of the molecule is Clc1cnc(Cl)c(C(Cl)(Cl)Cl)c1.FC(F)(F)c1cc(Cl)cnc1Cl. The Labute approximate surface area is 169 Å². The summed E-state index contributed by atoms with van der Waals surface area (Å²) >= 11 is 38.5. The Morgan fingerprint density at radius 3 is 1.38 bits per heavy atom. The standard InChI is InChI=1S/C6H2Cl5N.C6H2Cl2F3N/c2*7-3-1-4(6(9,10)11)5(8)12-2-3/h2*1-2H. The van der Waals surface area contributed by atoms with Crippen LogP contribution in [0.1, 0.15) is 11.1 Å². The van der Waals surface area contributed by atoms with Crippen molar-refractivity contribution in [3.63, 3.8) is 0 Å². The number of aromatic nitrogens is 2. The van der Waals surface area contributed by atoms with Gasteiger partial charge in [0.05, 0.1) is 15.6 Å². The lowest BCUT2D eigenvalue weighted by Crippen LogP contribution is -2.06. The van der Waals surface area contributed by atoms with Crippen LogP contribution in [-0.2, 0) is 9.97 Å². The third-order valence-electron chi connectivity index (χ3n) is 2.22. The predicted molar refractivity (Wildman–Crippen MR) is 92.8 cm³/mol. The smallest absolute Gasteiger partial charge is 0.243 e. The minimum Gasteiger partial charge on any atom is -0.243 e. The van der Waals surface area contributed by atoms with Crippen molar-refractivity contribution in [2.75, 3.05) is 0 Å². The Morgan fingerprint density at radius 1 is 0.708 bits per heavy atom. The van der Waals surface area contributed by atoms with Gasteiger partial charge in [-0.1, -0.05) is 81.2 Å². The molecular formula is C12H4Cl7F3N2. The largest absolute Gasteiger partial charge is 0.419 e. The van der Waals surface area contributed by atoms with Gasteiger partial charge in [0.2, 0.25) is 3.79 Å². The van der Waals surface area contributed by atoms with Crippen molar-refractivity contribution in [3.05, 3.63) is 56.0 Å². The van der Waals surface area contributed by atoms with Gasteiger partial charge >= 0.3 is 6.18 Å². The lowest BCUT2D eigenvalue weighted by Gasteiger charge is -2.11. The molecule has 0 amide bonds. The zero-order chi connectivity index (χ0) is 18.7. The van der Waals surface area contributed by atoms with E-state index in [1.165, 1.54) is 12.3 Å². The molecule has 0 atom stereocenters. The summed E-state index contributed by atoms with van der Waals surface area (Å²) in [4.78, 5) is 6.98. The first kappa shape index (κ1) is 22.2. The molecule has 2 nitrogen and oxygen atoms in total. The molecule has 2 aromatic heterocycles. The van der Waals surface area contributed by atoms with E-state index < -0.39 is 20.7 Å². The highest BCUT2D eigenvalue weighted by atomic mass is 35.6. The van der Waals surface area contributed by atoms with Crippen LogP contribution in [0, 0.1) is 0 Å². The first-order chi connectivity index (χ1) is 10.8. The number of nitrogens with zero attached hydrogens (tertiary/aromatic N) is 2. The minimum atomic E-state index is -4.50. The Kier molecular flexibility index (Phi) is 8.01. The topological polar surface area (TPSA) is 25.8 Å². The average molecular weight is 481 g/mol. The third kappa shape index (κ3) is 6.79. The lowest BCUT2D eigenvalue weighted by atomic mass is 10.3. The summed E-state index contributed by atoms with van der Waals surface area (Å²) < 4.78 is 34.5. The maximum atomic E-state index is 12.0. The van der Waals surface area contributed by atoms with E-state index in [2.05, 4.69) is 9.97 Å². The van der Waals surface area contributed by atoms with E-state index in [4.69, 9.17) is 81.2 Å². The molecule has 0 radical (unpaired) electrons. The molecule has 0 aromatic carbocycles. The highest BCUT2D eigenvalue weighted by molar-refractivity contribution is 6.67. The summed E-state index contributed by atoms with van der Waals surface area (Å²) in [5.74, 6) is 0. The van der Waals surface area contributed by atoms with Crippen molar-refractivity contribution in [3.8, 4) is 0 Å². The fraction of sp³-hybridized carbons (Fsp3) is 0.167. The zero-order valence-electron chi connectivity index (χ0n) is 11.0. The first-order valence-corrected chi connectivity index (χ1v) is 8.23. The van der Waals surface area contributed by atoms with Gasteiger partial charge in [0.15, 0.2) is 0 Å². The van der Waals surface area contributed by atoms with Gasteiger partial charge in [0.25, 0.3) is 0 Å². The fourth-order valence-corrected chi connectivity index (χ4v) is 2.59. The van der Waals surface area contributed by atoms with E-state index in [1.54, 1.807) is 0 Å². The summed E-state index contributed by atoms with van der Waals surface area (Å²) in [5, 5.41) is -0.168. The Balaban J connectivity index is 0.000000240. The Hall–Kier alpha value is 0.120. The van der Waals surface area contributed by atoms with Crippen LogP contribution >= 0.6 is 81.2 Å². The molecule has 0 unspecified atom stereocenters. The number of hydrogen-bond donors (Lipinski definition) is 0. The molecule has 2 heterocycles. The van der Waals surface area contributed by atoms with Gasteiger partial charge < -0.3 is 0 Å². The summed E-state index contributed by atoms with van der Waals surface area (Å²) in [6.45, 7) is 0. The van der Waals surface area contributed by atoms with Crippen molar-refractivity contribution < 1.29 is 13.2 Å². The summed E-state index contributed by atoms with van der Waals surface area (Å²) in [6.07, 6.45) is -2.07. The molecule has 0 saturated carbocycles. The Bertz CT molecular complexity index is 655. The van der Waals surface area contributed by atoms with E-state index in [0.29, 0.717) is 5.02 Å². The van der Waals surface area contributed by atoms with Crippen molar-refractivity contribution >= 4 is 81.2 Å². The number of rotatable bonds is 0. The molecule has 0 aliphatic heterocycles. The molecular weight excluding hydrogens is 477 g/mol. The normalized spacial score (nSPS) is 11.8. The molecule has 0 aliphatic rings. The highest BCUT2D eigenvalue weighted by Gasteiger charge is 2.34. The molecule has 2 aromatic rings. The highest BCUT2D eigenvalue weighted by Crippen LogP contribution is 2.41. The molecule has 0 fully saturated rings. The van der Waals surface area contributed by atoms with E-state index in [0.717, 1.165) is 12.3 Å². The molecule has 2 rings (SSSR count). The molecule has 132 valence electrons. The molecule has 0 aliphatic carbocycles. The van der Waals surface area contributed by atoms with E-state index >= 15 is 0 Å². The second kappa shape index (κ2) is 8.67. The van der Waals surface area contributed by atoms with Crippen LogP contribution in [-0.4, -0.2) is 9.97 Å². The minimum absolute atomic E-state index is 0.0910. The van der Waals surface area contributed by atoms with Crippen LogP contribution in [0.25, 0.3) is 0 Å². The summed E-state index contributed by atoms with van der Waals surface area (Å²) in [6, 6.07) is 2.20. The van der Waals surface area contributed by atoms with Crippen LogP contribution in [0.15, 0.2) is 24.5 Å². The number of pyridine rings is 2. The molecule has 0 spiro atoms. The van der Waals surface area contributed by atoms with Gasteiger partial charge in [-0.3, -0.25) is 0 Å². The van der Waals surface area contributed by atoms with Gasteiger partial charge in [-0.15, -0.1) is 0 Å². The van der Waals surface area contributed by atoms with Crippen molar-refractivity contribution in [1.29, 1.82) is 0 Å². The second-order valence-electron chi connectivity index (χ2n) is 3.98. The maximum absolute atomic E-state index is 12.0. The van der Waals surface area contributed by atoms with E-state index in [9.17, 15) is 13.2 Å². The van der Waals surface area contributed by atoms with Crippen LogP contribution in [0.3, 0.4) is 0 Å². The summed E-state index contributed by atoms with van der Waals surface area (Å²) in [5.41, 5.74) is -0.738. The second-order valence-corrected chi connectivity index (χ2v) is 7.85. The predicted octanol–water partition coefficient (Wildman–Crippen LogP) is 7.62. The average Bonchev–Trinajstić information content (AvgIpc) is 2.42. The van der Waals surface area contributed by atoms with Gasteiger partial charge in [-0.2, -0.15) is 13.2 Å². The van der Waals surface area contributed by atoms with Crippen LogP contribution in [0.4, 0.5) is 13.2 Å². The fourth-order valence-electron chi connectivity index (χ4n) is 1.24. The maximum Gasteiger partial charge on any atom is 0.419 e. The lowest BCUT2D eigenvalue weighted by molar-refractivity contribution is -0.137. The molecule has 0 bridgehead atoms. The van der Waals surface area contributed by atoms with Gasteiger partial charge in [0, 0.05) is 18.0 Å². The molecule has 12 heteroatoms. The third-order valence-corrected chi connectivity index (χ3v) is 3.85. The Morgan fingerprint density at radius 2 is 1.08 bits per heavy atom. The van der Waals surface area contributed by atoms with E-state index in [-0.39, 0.29) is 15.7 Å². The van der Waals surface area contributed by atoms with Gasteiger partial charge in [-0.05, 0) is 12.1 Å². The number of hydrogen-bond acceptors (Lipinski definition) is 2. The van der Waals surface area contributed by atoms with Gasteiger partial charge in [0.1, 0.15) is 10.3 Å². The molecule has 0 N–H and O–H groups in total. The quantitative estimate of drug-likeness (QED) is 0.286. The summed E-state index contributed by atoms with van der Waals surface area (Å²) in [7, 11) is 0. The van der Waals surface area contributed by atoms with Crippen molar-refractivity contribution in [2.45, 2.75) is 9.97 Å².